The molecule has 0 N–H and O–H groups in total. The summed E-state index contributed by atoms with van der Waals surface area (Å²) in [5.74, 6) is -0.0748. The summed E-state index contributed by atoms with van der Waals surface area (Å²) >= 11 is 0. The zero-order valence-corrected chi connectivity index (χ0v) is 22.0. The van der Waals surface area contributed by atoms with E-state index in [0.29, 0.717) is 13.0 Å². The highest BCUT2D eigenvalue weighted by molar-refractivity contribution is 6.76. The van der Waals surface area contributed by atoms with Crippen LogP contribution in [0.25, 0.3) is 0 Å². The molecule has 0 bridgehead atoms. The first-order valence-electron chi connectivity index (χ1n) is 12.2. The van der Waals surface area contributed by atoms with Crippen molar-refractivity contribution < 1.29 is 9.53 Å². The molecule has 1 spiro atoms. The van der Waals surface area contributed by atoms with E-state index in [1.165, 1.54) is 36.8 Å². The largest absolute Gasteiger partial charge is 0.466 e. The van der Waals surface area contributed by atoms with E-state index >= 15 is 0 Å². The molecule has 0 aromatic heterocycles. The van der Waals surface area contributed by atoms with Gasteiger partial charge in [0.15, 0.2) is 0 Å². The van der Waals surface area contributed by atoms with E-state index in [-0.39, 0.29) is 16.9 Å². The Hall–Kier alpha value is -1.33. The first-order chi connectivity index (χ1) is 14.4. The Kier molecular flexibility index (Phi) is 7.27. The Morgan fingerprint density at radius 3 is 2.55 bits per heavy atom. The van der Waals surface area contributed by atoms with E-state index in [1.54, 1.807) is 5.56 Å². The van der Waals surface area contributed by atoms with Gasteiger partial charge in [0.1, 0.15) is 0 Å². The fraction of sp³-hybridized carbons (Fsp3) is 0.731. The van der Waals surface area contributed by atoms with Crippen LogP contribution in [-0.4, -0.2) is 57.3 Å². The van der Waals surface area contributed by atoms with Gasteiger partial charge in [0.05, 0.1) is 6.61 Å². The smallest absolute Gasteiger partial charge is 0.305 e. The molecule has 1 aromatic rings. The zero-order chi connectivity index (χ0) is 22.9. The van der Waals surface area contributed by atoms with E-state index in [0.717, 1.165) is 25.9 Å². The van der Waals surface area contributed by atoms with E-state index < -0.39 is 8.07 Å². The maximum atomic E-state index is 11.7. The van der Waals surface area contributed by atoms with Crippen molar-refractivity contribution >= 4 is 19.7 Å². The Balaban J connectivity index is 1.81. The van der Waals surface area contributed by atoms with Crippen LogP contribution >= 0.6 is 0 Å². The molecule has 0 aliphatic carbocycles. The lowest BCUT2D eigenvalue weighted by Crippen LogP contribution is -2.43. The van der Waals surface area contributed by atoms with Gasteiger partial charge in [-0.25, -0.2) is 0 Å². The first-order valence-corrected chi connectivity index (χ1v) is 15.9. The summed E-state index contributed by atoms with van der Waals surface area (Å²) in [7, 11) is -1.08. The Labute approximate surface area is 191 Å². The second-order valence-corrected chi connectivity index (χ2v) is 17.5. The third-order valence-electron chi connectivity index (χ3n) is 7.05. The van der Waals surface area contributed by atoms with Crippen LogP contribution in [0.4, 0.5) is 5.69 Å². The molecule has 1 saturated heterocycles. The molecule has 1 aromatic carbocycles. The lowest BCUT2D eigenvalue weighted by molar-refractivity contribution is -0.143. The summed E-state index contributed by atoms with van der Waals surface area (Å²) in [6, 6.07) is 8.47. The van der Waals surface area contributed by atoms with Crippen LogP contribution in [0.5, 0.6) is 0 Å². The van der Waals surface area contributed by atoms with Crippen LogP contribution in [0, 0.1) is 0 Å². The minimum absolute atomic E-state index is 0.0748. The highest BCUT2D eigenvalue weighted by Gasteiger charge is 2.49. The maximum absolute atomic E-state index is 11.7. The molecule has 0 amide bonds. The van der Waals surface area contributed by atoms with Crippen molar-refractivity contribution in [1.82, 2.24) is 4.90 Å². The number of likely N-dealkylation sites (tertiary alicyclic amines) is 1. The number of aryl methyl sites for hydroxylation is 1. The van der Waals surface area contributed by atoms with Gasteiger partial charge in [-0.05, 0) is 76.7 Å². The van der Waals surface area contributed by atoms with Crippen LogP contribution < -0.4 is 4.90 Å². The lowest BCUT2D eigenvalue weighted by Gasteiger charge is -2.34. The van der Waals surface area contributed by atoms with Gasteiger partial charge in [-0.15, -0.1) is 0 Å². The summed E-state index contributed by atoms with van der Waals surface area (Å²) < 4.78 is 5.09. The van der Waals surface area contributed by atoms with Crippen molar-refractivity contribution in [3.05, 3.63) is 29.3 Å². The molecule has 0 saturated carbocycles. The highest BCUT2D eigenvalue weighted by Crippen LogP contribution is 2.48. The summed E-state index contributed by atoms with van der Waals surface area (Å²) in [6.45, 7) is 21.5. The molecule has 1 fully saturated rings. The van der Waals surface area contributed by atoms with E-state index in [9.17, 15) is 4.79 Å². The topological polar surface area (TPSA) is 32.8 Å². The Morgan fingerprint density at radius 2 is 1.94 bits per heavy atom. The van der Waals surface area contributed by atoms with Crippen LogP contribution in [-0.2, 0) is 21.4 Å². The van der Waals surface area contributed by atoms with Crippen LogP contribution in [0.2, 0.25) is 25.7 Å². The molecule has 3 rings (SSSR count). The van der Waals surface area contributed by atoms with Crippen LogP contribution in [0.1, 0.15) is 58.1 Å². The lowest BCUT2D eigenvalue weighted by atomic mass is 9.80. The standard InChI is InChI=1S/C26H44N2O2Si/c1-8-30-24(29)11-9-10-21-12-13-23-22(18-21)26(14-15-28(20-26)25(2,3)4)19-27(23)16-17-31(5,6)7/h12-13,18H,8-11,14-17,19-20H2,1-7H3. The predicted octanol–water partition coefficient (Wildman–Crippen LogP) is 5.47. The second-order valence-electron chi connectivity index (χ2n) is 11.9. The Bertz CT molecular complexity index is 781. The molecule has 1 atom stereocenters. The molecule has 0 radical (unpaired) electrons. The SMILES string of the molecule is CCOC(=O)CCCc1ccc2c(c1)C1(CCN(C(C)(C)C)C1)CN2CC[Si](C)(C)C. The van der Waals surface area contributed by atoms with Crippen LogP contribution in [0.3, 0.4) is 0 Å². The minimum Gasteiger partial charge on any atom is -0.466 e. The fourth-order valence-corrected chi connectivity index (χ4v) is 6.05. The van der Waals surface area contributed by atoms with Gasteiger partial charge in [0, 0.05) is 50.8 Å². The average Bonchev–Trinajstić information content (AvgIpc) is 3.22. The molecule has 2 heterocycles. The normalized spacial score (nSPS) is 21.7. The average molecular weight is 445 g/mol. The molecule has 1 unspecified atom stereocenters. The van der Waals surface area contributed by atoms with Gasteiger partial charge in [0.25, 0.3) is 0 Å². The summed E-state index contributed by atoms with van der Waals surface area (Å²) in [5.41, 5.74) is 4.85. The summed E-state index contributed by atoms with van der Waals surface area (Å²) in [4.78, 5) is 17.1. The molecule has 4 nitrogen and oxygen atoms in total. The quantitative estimate of drug-likeness (QED) is 0.393. The predicted molar refractivity (Wildman–Crippen MR) is 134 cm³/mol. The van der Waals surface area contributed by atoms with Crippen molar-refractivity contribution in [2.75, 3.05) is 37.7 Å². The number of hydrogen-bond donors (Lipinski definition) is 0. The van der Waals surface area contributed by atoms with Crippen molar-refractivity contribution in [3.63, 3.8) is 0 Å². The van der Waals surface area contributed by atoms with E-state index in [2.05, 4.69) is 68.4 Å². The summed E-state index contributed by atoms with van der Waals surface area (Å²) in [6.07, 6.45) is 3.56. The molecule has 5 heteroatoms. The molecule has 2 aliphatic rings. The number of fused-ring (bicyclic) bond motifs is 2. The van der Waals surface area contributed by atoms with Crippen molar-refractivity contribution in [1.29, 1.82) is 0 Å². The number of rotatable bonds is 8. The van der Waals surface area contributed by atoms with E-state index in [1.807, 2.05) is 6.92 Å². The van der Waals surface area contributed by atoms with Crippen molar-refractivity contribution in [2.24, 2.45) is 0 Å². The molecule has 2 aliphatic heterocycles. The summed E-state index contributed by atoms with van der Waals surface area (Å²) in [5, 5.41) is 0. The van der Waals surface area contributed by atoms with Gasteiger partial charge < -0.3 is 9.64 Å². The number of ether oxygens (including phenoxy) is 1. The van der Waals surface area contributed by atoms with Crippen LogP contribution in [0.15, 0.2) is 18.2 Å². The first kappa shape index (κ1) is 24.3. The minimum atomic E-state index is -1.08. The van der Waals surface area contributed by atoms with Gasteiger partial charge >= 0.3 is 5.97 Å². The Morgan fingerprint density at radius 1 is 1.19 bits per heavy atom. The number of carbonyl (C=O) groups excluding carboxylic acids is 1. The van der Waals surface area contributed by atoms with Gasteiger partial charge in [0.2, 0.25) is 0 Å². The number of carbonyl (C=O) groups is 1. The highest BCUT2D eigenvalue weighted by atomic mass is 28.3. The van der Waals surface area contributed by atoms with Crippen molar-refractivity contribution in [2.45, 2.75) is 90.0 Å². The molecular formula is C26H44N2O2Si. The van der Waals surface area contributed by atoms with Gasteiger partial charge in [-0.1, -0.05) is 31.8 Å². The number of anilines is 1. The third-order valence-corrected chi connectivity index (χ3v) is 8.78. The van der Waals surface area contributed by atoms with Gasteiger partial charge in [-0.2, -0.15) is 0 Å². The fourth-order valence-electron chi connectivity index (χ4n) is 5.11. The molecule has 174 valence electrons. The van der Waals surface area contributed by atoms with E-state index in [4.69, 9.17) is 4.74 Å². The molecule has 31 heavy (non-hydrogen) atoms. The number of esters is 1. The monoisotopic (exact) mass is 444 g/mol. The van der Waals surface area contributed by atoms with Gasteiger partial charge in [-0.3, -0.25) is 9.69 Å². The number of hydrogen-bond acceptors (Lipinski definition) is 4. The number of benzene rings is 1. The second kappa shape index (κ2) is 9.26. The number of nitrogens with zero attached hydrogens (tertiary/aromatic N) is 2. The third kappa shape index (κ3) is 5.92. The zero-order valence-electron chi connectivity index (χ0n) is 21.0. The van der Waals surface area contributed by atoms with Crippen molar-refractivity contribution in [3.8, 4) is 0 Å². The molecular weight excluding hydrogens is 400 g/mol. The maximum Gasteiger partial charge on any atom is 0.305 e.